The van der Waals surface area contributed by atoms with E-state index in [0.717, 1.165) is 12.0 Å². The fraction of sp³-hybridized carbons (Fsp3) is 0.333. The zero-order valence-electron chi connectivity index (χ0n) is 18.4. The molecule has 32 heavy (non-hydrogen) atoms. The maximum atomic E-state index is 12.2. The second kappa shape index (κ2) is 13.2. The first-order valence-electron chi connectivity index (χ1n) is 10.6. The molecule has 1 atom stereocenters. The molecule has 0 heterocycles. The van der Waals surface area contributed by atoms with Gasteiger partial charge in [0.25, 0.3) is 5.91 Å². The zero-order chi connectivity index (χ0) is 23.3. The Morgan fingerprint density at radius 3 is 2.50 bits per heavy atom. The standard InChI is InChI=1S/C24H29N3O4S/c1-3-17(2)25-23(30)19-10-7-11-20(16-19)26-24(32)27-21(28)12-13-22(29)31-15-14-18-8-5-4-6-9-18/h4-11,16-17H,3,12-15H2,1-2H3,(H,25,30)(H2,26,27,28,32). The lowest BCUT2D eigenvalue weighted by atomic mass is 10.1. The Hall–Kier alpha value is -3.26. The number of nitrogens with one attached hydrogen (secondary N) is 3. The number of benzene rings is 2. The molecule has 170 valence electrons. The highest BCUT2D eigenvalue weighted by atomic mass is 32.1. The van der Waals surface area contributed by atoms with Crippen LogP contribution in [0.5, 0.6) is 0 Å². The Morgan fingerprint density at radius 2 is 1.78 bits per heavy atom. The minimum atomic E-state index is -0.435. The summed E-state index contributed by atoms with van der Waals surface area (Å²) in [5.41, 5.74) is 2.14. The quantitative estimate of drug-likeness (QED) is 0.374. The van der Waals surface area contributed by atoms with E-state index in [1.165, 1.54) is 0 Å². The van der Waals surface area contributed by atoms with Gasteiger partial charge in [-0.15, -0.1) is 0 Å². The van der Waals surface area contributed by atoms with Crippen LogP contribution in [0.4, 0.5) is 5.69 Å². The van der Waals surface area contributed by atoms with Gasteiger partial charge in [0.2, 0.25) is 5.91 Å². The fourth-order valence-corrected chi connectivity index (χ4v) is 2.95. The van der Waals surface area contributed by atoms with Gasteiger partial charge in [-0.05, 0) is 49.3 Å². The lowest BCUT2D eigenvalue weighted by Gasteiger charge is -2.13. The van der Waals surface area contributed by atoms with Crippen molar-refractivity contribution in [2.45, 2.75) is 45.6 Å². The largest absolute Gasteiger partial charge is 0.465 e. The lowest BCUT2D eigenvalue weighted by molar-refractivity contribution is -0.144. The predicted octanol–water partition coefficient (Wildman–Crippen LogP) is 3.59. The molecule has 0 bridgehead atoms. The van der Waals surface area contributed by atoms with Crippen molar-refractivity contribution in [3.63, 3.8) is 0 Å². The summed E-state index contributed by atoms with van der Waals surface area (Å²) >= 11 is 5.15. The summed E-state index contributed by atoms with van der Waals surface area (Å²) in [6.45, 7) is 4.20. The Morgan fingerprint density at radius 1 is 1.03 bits per heavy atom. The van der Waals surface area contributed by atoms with Crippen LogP contribution >= 0.6 is 12.2 Å². The van der Waals surface area contributed by atoms with Crippen molar-refractivity contribution in [2.24, 2.45) is 0 Å². The van der Waals surface area contributed by atoms with Gasteiger partial charge < -0.3 is 20.7 Å². The summed E-state index contributed by atoms with van der Waals surface area (Å²) < 4.78 is 5.16. The van der Waals surface area contributed by atoms with E-state index in [1.807, 2.05) is 44.2 Å². The molecule has 2 rings (SSSR count). The van der Waals surface area contributed by atoms with Crippen LogP contribution in [0.2, 0.25) is 0 Å². The monoisotopic (exact) mass is 455 g/mol. The van der Waals surface area contributed by atoms with Crippen molar-refractivity contribution in [3.8, 4) is 0 Å². The molecule has 0 spiro atoms. The van der Waals surface area contributed by atoms with E-state index in [2.05, 4.69) is 16.0 Å². The van der Waals surface area contributed by atoms with E-state index in [9.17, 15) is 14.4 Å². The van der Waals surface area contributed by atoms with Gasteiger partial charge >= 0.3 is 5.97 Å². The average Bonchev–Trinajstić information content (AvgIpc) is 2.78. The molecule has 0 fully saturated rings. The zero-order valence-corrected chi connectivity index (χ0v) is 19.2. The van der Waals surface area contributed by atoms with Crippen LogP contribution in [0.25, 0.3) is 0 Å². The van der Waals surface area contributed by atoms with Crippen LogP contribution in [-0.4, -0.2) is 35.5 Å². The Bertz CT molecular complexity index is 934. The first kappa shape index (κ1) is 25.0. The number of hydrogen-bond donors (Lipinski definition) is 3. The second-order valence-electron chi connectivity index (χ2n) is 7.32. The number of hydrogen-bond acceptors (Lipinski definition) is 5. The second-order valence-corrected chi connectivity index (χ2v) is 7.73. The van der Waals surface area contributed by atoms with E-state index in [1.54, 1.807) is 24.3 Å². The van der Waals surface area contributed by atoms with E-state index in [-0.39, 0.29) is 36.5 Å². The topological polar surface area (TPSA) is 96.5 Å². The van der Waals surface area contributed by atoms with Crippen molar-refractivity contribution in [1.82, 2.24) is 10.6 Å². The molecule has 1 unspecified atom stereocenters. The van der Waals surface area contributed by atoms with Crippen LogP contribution < -0.4 is 16.0 Å². The molecule has 0 saturated heterocycles. The fourth-order valence-electron chi connectivity index (χ4n) is 2.71. The molecule has 7 nitrogen and oxygen atoms in total. The molecule has 8 heteroatoms. The first-order chi connectivity index (χ1) is 15.4. The number of rotatable bonds is 10. The molecule has 0 aromatic heterocycles. The van der Waals surface area contributed by atoms with Crippen LogP contribution in [0.15, 0.2) is 54.6 Å². The number of esters is 1. The third-order valence-corrected chi connectivity index (χ3v) is 4.88. The molecular weight excluding hydrogens is 426 g/mol. The number of carbonyl (C=O) groups excluding carboxylic acids is 3. The molecule has 2 aromatic rings. The summed E-state index contributed by atoms with van der Waals surface area (Å²) in [4.78, 5) is 36.1. The summed E-state index contributed by atoms with van der Waals surface area (Å²) in [5.74, 6) is -1.01. The minimum Gasteiger partial charge on any atom is -0.465 e. The van der Waals surface area contributed by atoms with E-state index >= 15 is 0 Å². The average molecular weight is 456 g/mol. The lowest BCUT2D eigenvalue weighted by Crippen LogP contribution is -2.34. The van der Waals surface area contributed by atoms with Crippen molar-refractivity contribution < 1.29 is 19.1 Å². The number of amides is 2. The predicted molar refractivity (Wildman–Crippen MR) is 128 cm³/mol. The minimum absolute atomic E-state index is 0.0332. The van der Waals surface area contributed by atoms with Gasteiger partial charge in [-0.3, -0.25) is 14.4 Å². The summed E-state index contributed by atoms with van der Waals surface area (Å²) in [6, 6.07) is 16.6. The maximum absolute atomic E-state index is 12.2. The Balaban J connectivity index is 1.71. The van der Waals surface area contributed by atoms with Gasteiger partial charge in [0, 0.05) is 30.1 Å². The van der Waals surface area contributed by atoms with Gasteiger partial charge in [-0.2, -0.15) is 0 Å². The highest BCUT2D eigenvalue weighted by Crippen LogP contribution is 2.11. The molecule has 3 N–H and O–H groups in total. The molecule has 2 amide bonds. The third-order valence-electron chi connectivity index (χ3n) is 4.68. The van der Waals surface area contributed by atoms with Gasteiger partial charge in [0.1, 0.15) is 0 Å². The molecule has 0 aliphatic carbocycles. The molecule has 0 aliphatic heterocycles. The number of anilines is 1. The number of carbonyl (C=O) groups is 3. The summed E-state index contributed by atoms with van der Waals surface area (Å²) in [6.07, 6.45) is 1.39. The van der Waals surface area contributed by atoms with E-state index in [4.69, 9.17) is 17.0 Å². The Labute approximate surface area is 193 Å². The highest BCUT2D eigenvalue weighted by Gasteiger charge is 2.12. The molecular formula is C24H29N3O4S. The van der Waals surface area contributed by atoms with E-state index in [0.29, 0.717) is 17.7 Å². The number of ether oxygens (including phenoxy) is 1. The van der Waals surface area contributed by atoms with Gasteiger partial charge in [-0.25, -0.2) is 0 Å². The first-order valence-corrected chi connectivity index (χ1v) is 11.0. The molecule has 2 aromatic carbocycles. The third kappa shape index (κ3) is 9.26. The van der Waals surface area contributed by atoms with Crippen molar-refractivity contribution in [3.05, 3.63) is 65.7 Å². The maximum Gasteiger partial charge on any atom is 0.306 e. The smallest absolute Gasteiger partial charge is 0.306 e. The normalized spacial score (nSPS) is 11.2. The van der Waals surface area contributed by atoms with Crippen molar-refractivity contribution >= 4 is 40.8 Å². The van der Waals surface area contributed by atoms with Crippen molar-refractivity contribution in [1.29, 1.82) is 0 Å². The highest BCUT2D eigenvalue weighted by molar-refractivity contribution is 7.80. The SMILES string of the molecule is CCC(C)NC(=O)c1cccc(NC(=S)NC(=O)CCC(=O)OCCc2ccccc2)c1. The van der Waals surface area contributed by atoms with Crippen molar-refractivity contribution in [2.75, 3.05) is 11.9 Å². The van der Waals surface area contributed by atoms with Crippen LogP contribution in [0.3, 0.4) is 0 Å². The summed E-state index contributed by atoms with van der Waals surface area (Å²) in [5, 5.41) is 8.39. The summed E-state index contributed by atoms with van der Waals surface area (Å²) in [7, 11) is 0. The van der Waals surface area contributed by atoms with Crippen LogP contribution in [0.1, 0.15) is 49.0 Å². The van der Waals surface area contributed by atoms with Crippen LogP contribution in [0, 0.1) is 0 Å². The van der Waals surface area contributed by atoms with Gasteiger partial charge in [0.15, 0.2) is 5.11 Å². The van der Waals surface area contributed by atoms with Crippen LogP contribution in [-0.2, 0) is 20.7 Å². The Kier molecular flexibility index (Phi) is 10.3. The van der Waals surface area contributed by atoms with Gasteiger partial charge in [0.05, 0.1) is 13.0 Å². The van der Waals surface area contributed by atoms with E-state index < -0.39 is 11.9 Å². The number of thiocarbonyl (C=S) groups is 1. The molecule has 0 radical (unpaired) electrons. The van der Waals surface area contributed by atoms with Gasteiger partial charge in [-0.1, -0.05) is 43.3 Å². The molecule has 0 saturated carbocycles. The molecule has 0 aliphatic rings.